The molecule has 1 heterocycles. The third-order valence-corrected chi connectivity index (χ3v) is 4.64. The molecule has 2 aliphatic rings. The molecule has 0 saturated heterocycles. The van der Waals surface area contributed by atoms with Gasteiger partial charge in [0.05, 0.1) is 5.57 Å². The third-order valence-electron chi connectivity index (χ3n) is 4.64. The average Bonchev–Trinajstić information content (AvgIpc) is 2.65. The molecule has 1 aliphatic heterocycles. The lowest BCUT2D eigenvalue weighted by Gasteiger charge is -2.24. The first kappa shape index (κ1) is 19.0. The minimum Gasteiger partial charge on any atom is -0.490 e. The van der Waals surface area contributed by atoms with Crippen LogP contribution in [0.4, 0.5) is 0 Å². The zero-order chi connectivity index (χ0) is 19.4. The smallest absolute Gasteiger partial charge is 0.336 e. The van der Waals surface area contributed by atoms with Crippen molar-refractivity contribution in [2.45, 2.75) is 39.2 Å². The van der Waals surface area contributed by atoms with Crippen molar-refractivity contribution in [3.8, 4) is 5.75 Å². The Balaban J connectivity index is 1.53. The molecule has 27 heavy (non-hydrogen) atoms. The number of esters is 1. The zero-order valence-corrected chi connectivity index (χ0v) is 16.4. The van der Waals surface area contributed by atoms with Gasteiger partial charge in [0.2, 0.25) is 0 Å². The van der Waals surface area contributed by atoms with E-state index in [1.165, 1.54) is 5.56 Å². The van der Waals surface area contributed by atoms with Crippen molar-refractivity contribution in [2.75, 3.05) is 6.61 Å². The van der Waals surface area contributed by atoms with E-state index >= 15 is 0 Å². The molecule has 0 saturated carbocycles. The average molecular weight is 365 g/mol. The predicted octanol–water partition coefficient (Wildman–Crippen LogP) is 4.41. The fraction of sp³-hybridized carbons (Fsp3) is 0.348. The highest BCUT2D eigenvalue weighted by molar-refractivity contribution is 5.91. The van der Waals surface area contributed by atoms with Gasteiger partial charge in [0.15, 0.2) is 0 Å². The summed E-state index contributed by atoms with van der Waals surface area (Å²) < 4.78 is 11.4. The number of ether oxygens (including phenoxy) is 2. The van der Waals surface area contributed by atoms with Crippen LogP contribution in [0, 0.1) is 5.92 Å². The summed E-state index contributed by atoms with van der Waals surface area (Å²) in [4.78, 5) is 12.6. The van der Waals surface area contributed by atoms with Gasteiger partial charge in [0.1, 0.15) is 18.5 Å². The van der Waals surface area contributed by atoms with Gasteiger partial charge in [0.25, 0.3) is 0 Å². The standard InChI is InChI=1S/C23H27NO3/c1-16(15-26-19-11-9-18(10-12-19)23(2,3)4)27-22(25)21-14-24-13-17-7-5-6-8-20(17)21/h5-14,16,20,24H,15H2,1-4H3. The Labute approximate surface area is 161 Å². The second-order valence-electron chi connectivity index (χ2n) is 7.93. The van der Waals surface area contributed by atoms with Gasteiger partial charge in [0, 0.05) is 18.3 Å². The minimum atomic E-state index is -0.349. The minimum absolute atomic E-state index is 0.0539. The maximum Gasteiger partial charge on any atom is 0.336 e. The monoisotopic (exact) mass is 365 g/mol. The fourth-order valence-electron chi connectivity index (χ4n) is 3.03. The molecule has 2 unspecified atom stereocenters. The second-order valence-corrected chi connectivity index (χ2v) is 7.93. The van der Waals surface area contributed by atoms with Gasteiger partial charge >= 0.3 is 5.97 Å². The van der Waals surface area contributed by atoms with Gasteiger partial charge in [-0.15, -0.1) is 0 Å². The van der Waals surface area contributed by atoms with Crippen molar-refractivity contribution in [2.24, 2.45) is 5.92 Å². The molecule has 1 aliphatic carbocycles. The van der Waals surface area contributed by atoms with Crippen LogP contribution in [0.15, 0.2) is 72.1 Å². The molecule has 3 rings (SSSR count). The van der Waals surface area contributed by atoms with Gasteiger partial charge < -0.3 is 14.8 Å². The van der Waals surface area contributed by atoms with Crippen molar-refractivity contribution in [3.05, 3.63) is 77.7 Å². The van der Waals surface area contributed by atoms with Gasteiger partial charge in [-0.3, -0.25) is 0 Å². The van der Waals surface area contributed by atoms with Crippen LogP contribution in [0.1, 0.15) is 33.3 Å². The van der Waals surface area contributed by atoms with Crippen LogP contribution >= 0.6 is 0 Å². The Morgan fingerprint density at radius 2 is 1.89 bits per heavy atom. The van der Waals surface area contributed by atoms with E-state index in [0.717, 1.165) is 11.3 Å². The maximum absolute atomic E-state index is 12.6. The van der Waals surface area contributed by atoms with Crippen LogP contribution in [-0.4, -0.2) is 18.7 Å². The number of benzene rings is 1. The van der Waals surface area contributed by atoms with Crippen molar-refractivity contribution >= 4 is 5.97 Å². The van der Waals surface area contributed by atoms with E-state index in [1.807, 2.05) is 49.6 Å². The van der Waals surface area contributed by atoms with Crippen molar-refractivity contribution < 1.29 is 14.3 Å². The highest BCUT2D eigenvalue weighted by Gasteiger charge is 2.27. The van der Waals surface area contributed by atoms with Crippen LogP contribution < -0.4 is 10.1 Å². The van der Waals surface area contributed by atoms with Crippen molar-refractivity contribution in [3.63, 3.8) is 0 Å². The summed E-state index contributed by atoms with van der Waals surface area (Å²) >= 11 is 0. The summed E-state index contributed by atoms with van der Waals surface area (Å²) in [5.74, 6) is 0.397. The van der Waals surface area contributed by atoms with Gasteiger partial charge in [-0.1, -0.05) is 57.2 Å². The molecular weight excluding hydrogens is 338 g/mol. The first-order chi connectivity index (χ1) is 12.8. The quantitative estimate of drug-likeness (QED) is 0.785. The summed E-state index contributed by atoms with van der Waals surface area (Å²) in [6.07, 6.45) is 11.2. The van der Waals surface area contributed by atoms with Gasteiger partial charge in [-0.05, 0) is 35.6 Å². The number of nitrogens with one attached hydrogen (secondary N) is 1. The molecule has 4 nitrogen and oxygen atoms in total. The number of allylic oxidation sites excluding steroid dienone is 5. The lowest BCUT2D eigenvalue weighted by Crippen LogP contribution is -2.28. The molecule has 0 amide bonds. The molecular formula is C23H27NO3. The SMILES string of the molecule is CC(COc1ccc(C(C)(C)C)cc1)OC(=O)C1=CNC=C2C=CC=CC21. The topological polar surface area (TPSA) is 47.6 Å². The summed E-state index contributed by atoms with van der Waals surface area (Å²) in [7, 11) is 0. The molecule has 0 bridgehead atoms. The molecule has 0 radical (unpaired) electrons. The predicted molar refractivity (Wildman–Crippen MR) is 107 cm³/mol. The van der Waals surface area contributed by atoms with Gasteiger partial charge in [-0.25, -0.2) is 4.79 Å². The highest BCUT2D eigenvalue weighted by atomic mass is 16.6. The Hall–Kier alpha value is -2.75. The number of hydrogen-bond donors (Lipinski definition) is 1. The summed E-state index contributed by atoms with van der Waals surface area (Å²) in [6.45, 7) is 8.68. The number of fused-ring (bicyclic) bond motifs is 1. The second kappa shape index (κ2) is 7.87. The zero-order valence-electron chi connectivity index (χ0n) is 16.4. The van der Waals surface area contributed by atoms with Crippen molar-refractivity contribution in [1.82, 2.24) is 5.32 Å². The van der Waals surface area contributed by atoms with Crippen LogP contribution in [0.5, 0.6) is 5.75 Å². The summed E-state index contributed by atoms with van der Waals surface area (Å²) in [6, 6.07) is 8.06. The van der Waals surface area contributed by atoms with Crippen LogP contribution in [-0.2, 0) is 14.9 Å². The summed E-state index contributed by atoms with van der Waals surface area (Å²) in [5.41, 5.74) is 3.02. The van der Waals surface area contributed by atoms with E-state index < -0.39 is 0 Å². The number of rotatable bonds is 5. The Morgan fingerprint density at radius 3 is 2.59 bits per heavy atom. The Bertz CT molecular complexity index is 807. The molecule has 4 heteroatoms. The number of dihydropyridines is 1. The molecule has 1 aromatic rings. The Morgan fingerprint density at radius 1 is 1.15 bits per heavy atom. The molecule has 1 aromatic carbocycles. The van der Waals surface area contributed by atoms with E-state index in [-0.39, 0.29) is 23.4 Å². The molecule has 0 spiro atoms. The van der Waals surface area contributed by atoms with Crippen LogP contribution in [0.25, 0.3) is 0 Å². The van der Waals surface area contributed by atoms with Gasteiger partial charge in [-0.2, -0.15) is 0 Å². The fourth-order valence-corrected chi connectivity index (χ4v) is 3.03. The first-order valence-electron chi connectivity index (χ1n) is 9.30. The number of hydrogen-bond acceptors (Lipinski definition) is 4. The maximum atomic E-state index is 12.6. The highest BCUT2D eigenvalue weighted by Crippen LogP contribution is 2.29. The van der Waals surface area contributed by atoms with E-state index in [1.54, 1.807) is 6.20 Å². The lowest BCUT2D eigenvalue weighted by atomic mass is 9.87. The molecule has 1 N–H and O–H groups in total. The normalized spacial score (nSPS) is 19.3. The third kappa shape index (κ3) is 4.70. The molecule has 0 fully saturated rings. The molecule has 0 aromatic heterocycles. The van der Waals surface area contributed by atoms with E-state index in [0.29, 0.717) is 12.2 Å². The molecule has 142 valence electrons. The van der Waals surface area contributed by atoms with E-state index in [4.69, 9.17) is 9.47 Å². The lowest BCUT2D eigenvalue weighted by molar-refractivity contribution is -0.145. The number of carbonyl (C=O) groups is 1. The van der Waals surface area contributed by atoms with Crippen LogP contribution in [0.3, 0.4) is 0 Å². The Kier molecular flexibility index (Phi) is 5.54. The van der Waals surface area contributed by atoms with Crippen LogP contribution in [0.2, 0.25) is 0 Å². The van der Waals surface area contributed by atoms with E-state index in [2.05, 4.69) is 38.2 Å². The van der Waals surface area contributed by atoms with E-state index in [9.17, 15) is 4.79 Å². The summed E-state index contributed by atoms with van der Waals surface area (Å²) in [5, 5.41) is 3.02. The van der Waals surface area contributed by atoms with Crippen molar-refractivity contribution in [1.29, 1.82) is 0 Å². The largest absolute Gasteiger partial charge is 0.490 e. The first-order valence-corrected chi connectivity index (χ1v) is 9.30. The molecule has 2 atom stereocenters. The number of carbonyl (C=O) groups excluding carboxylic acids is 1.